The number of nitrogens with two attached hydrogens (primary N) is 1. The lowest BCUT2D eigenvalue weighted by Gasteiger charge is -2.27. The van der Waals surface area contributed by atoms with Crippen LogP contribution in [0.5, 0.6) is 5.75 Å². The number of anilines is 2. The summed E-state index contributed by atoms with van der Waals surface area (Å²) in [4.78, 5) is 0. The van der Waals surface area contributed by atoms with Gasteiger partial charge in [0.2, 0.25) is 0 Å². The fraction of sp³-hybridized carbons (Fsp3) is 0.500. The molecule has 4 N–H and O–H groups in total. The number of aliphatic hydroxyl groups is 1. The molecule has 0 spiro atoms. The van der Waals surface area contributed by atoms with Crippen molar-refractivity contribution in [2.24, 2.45) is 0 Å². The van der Waals surface area contributed by atoms with Crippen molar-refractivity contribution in [3.05, 3.63) is 17.9 Å². The summed E-state index contributed by atoms with van der Waals surface area (Å²) in [5, 5.41) is 11.9. The number of methoxy groups -OCH3 is 1. The first-order chi connectivity index (χ1) is 7.89. The summed E-state index contributed by atoms with van der Waals surface area (Å²) >= 11 is 0. The fourth-order valence-corrected chi connectivity index (χ4v) is 1.55. The van der Waals surface area contributed by atoms with Gasteiger partial charge in [-0.3, -0.25) is 0 Å². The van der Waals surface area contributed by atoms with Gasteiger partial charge in [-0.2, -0.15) is 0 Å². The number of benzene rings is 1. The van der Waals surface area contributed by atoms with Crippen LogP contribution in [0.25, 0.3) is 0 Å². The van der Waals surface area contributed by atoms with Crippen LogP contribution in [0.3, 0.4) is 0 Å². The Morgan fingerprint density at radius 2 is 2.12 bits per heavy atom. The smallest absolute Gasteiger partial charge is 0.148 e. The molecule has 17 heavy (non-hydrogen) atoms. The Kier molecular flexibility index (Phi) is 4.17. The highest BCUT2D eigenvalue weighted by atomic mass is 19.1. The molecule has 0 aliphatic rings. The SMILES string of the molecule is COc1cc(NC(C)(C)CCO)c(F)cc1N. The van der Waals surface area contributed by atoms with Crippen molar-refractivity contribution in [1.82, 2.24) is 0 Å². The summed E-state index contributed by atoms with van der Waals surface area (Å²) < 4.78 is 18.7. The third-order valence-electron chi connectivity index (χ3n) is 2.53. The Balaban J connectivity index is 2.98. The van der Waals surface area contributed by atoms with Crippen molar-refractivity contribution in [2.75, 3.05) is 24.8 Å². The van der Waals surface area contributed by atoms with E-state index in [4.69, 9.17) is 15.6 Å². The number of hydrogen-bond acceptors (Lipinski definition) is 4. The molecule has 0 amide bonds. The van der Waals surface area contributed by atoms with Gasteiger partial charge in [-0.15, -0.1) is 0 Å². The number of hydrogen-bond donors (Lipinski definition) is 3. The first-order valence-corrected chi connectivity index (χ1v) is 5.41. The second kappa shape index (κ2) is 5.23. The highest BCUT2D eigenvalue weighted by Gasteiger charge is 2.19. The van der Waals surface area contributed by atoms with E-state index in [1.807, 2.05) is 13.8 Å². The van der Waals surface area contributed by atoms with Crippen molar-refractivity contribution in [2.45, 2.75) is 25.8 Å². The molecule has 0 saturated carbocycles. The lowest BCUT2D eigenvalue weighted by Crippen LogP contribution is -2.32. The summed E-state index contributed by atoms with van der Waals surface area (Å²) in [6.45, 7) is 3.80. The van der Waals surface area contributed by atoms with E-state index < -0.39 is 11.4 Å². The van der Waals surface area contributed by atoms with Gasteiger partial charge in [0, 0.05) is 24.3 Å². The average molecular weight is 242 g/mol. The quantitative estimate of drug-likeness (QED) is 0.691. The molecule has 0 aromatic heterocycles. The molecule has 1 aromatic rings. The summed E-state index contributed by atoms with van der Waals surface area (Å²) in [7, 11) is 1.48. The number of halogens is 1. The predicted molar refractivity (Wildman–Crippen MR) is 66.8 cm³/mol. The molecule has 5 heteroatoms. The van der Waals surface area contributed by atoms with Gasteiger partial charge in [-0.25, -0.2) is 4.39 Å². The van der Waals surface area contributed by atoms with Crippen molar-refractivity contribution in [3.8, 4) is 5.75 Å². The van der Waals surface area contributed by atoms with Crippen molar-refractivity contribution < 1.29 is 14.2 Å². The highest BCUT2D eigenvalue weighted by molar-refractivity contribution is 5.62. The van der Waals surface area contributed by atoms with E-state index in [9.17, 15) is 4.39 Å². The monoisotopic (exact) mass is 242 g/mol. The van der Waals surface area contributed by atoms with Crippen molar-refractivity contribution in [1.29, 1.82) is 0 Å². The molecule has 1 rings (SSSR count). The minimum absolute atomic E-state index is 0.0354. The lowest BCUT2D eigenvalue weighted by atomic mass is 10.0. The zero-order valence-corrected chi connectivity index (χ0v) is 10.4. The summed E-state index contributed by atoms with van der Waals surface area (Å²) in [5.74, 6) is -0.0111. The fourth-order valence-electron chi connectivity index (χ4n) is 1.55. The van der Waals surface area contributed by atoms with E-state index in [0.717, 1.165) is 0 Å². The lowest BCUT2D eigenvalue weighted by molar-refractivity contribution is 0.260. The summed E-state index contributed by atoms with van der Waals surface area (Å²) in [6.07, 6.45) is 0.513. The molecule has 0 fully saturated rings. The Hall–Kier alpha value is -1.49. The van der Waals surface area contributed by atoms with E-state index in [1.54, 1.807) is 0 Å². The second-order valence-corrected chi connectivity index (χ2v) is 4.56. The third kappa shape index (κ3) is 3.49. The molecular formula is C12H19FN2O2. The number of nitrogen functional groups attached to an aromatic ring is 1. The van der Waals surface area contributed by atoms with E-state index >= 15 is 0 Å². The first kappa shape index (κ1) is 13.6. The van der Waals surface area contributed by atoms with Gasteiger partial charge in [0.15, 0.2) is 0 Å². The highest BCUT2D eigenvalue weighted by Crippen LogP contribution is 2.30. The Bertz CT molecular complexity index is 394. The third-order valence-corrected chi connectivity index (χ3v) is 2.53. The maximum absolute atomic E-state index is 13.7. The Morgan fingerprint density at radius 3 is 2.65 bits per heavy atom. The van der Waals surface area contributed by atoms with Gasteiger partial charge in [0.1, 0.15) is 11.6 Å². The van der Waals surface area contributed by atoms with Gasteiger partial charge < -0.3 is 20.9 Å². The molecule has 0 atom stereocenters. The molecule has 0 heterocycles. The number of ether oxygens (including phenoxy) is 1. The van der Waals surface area contributed by atoms with Gasteiger partial charge in [-0.05, 0) is 20.3 Å². The van der Waals surface area contributed by atoms with E-state index in [2.05, 4.69) is 5.32 Å². The summed E-state index contributed by atoms with van der Waals surface area (Å²) in [5.41, 5.74) is 5.76. The van der Waals surface area contributed by atoms with Crippen LogP contribution in [0.4, 0.5) is 15.8 Å². The molecule has 0 aliphatic heterocycles. The maximum Gasteiger partial charge on any atom is 0.148 e. The van der Waals surface area contributed by atoms with Crippen LogP contribution < -0.4 is 15.8 Å². The largest absolute Gasteiger partial charge is 0.495 e. The van der Waals surface area contributed by atoms with Crippen LogP contribution >= 0.6 is 0 Å². The molecule has 0 radical (unpaired) electrons. The normalized spacial score (nSPS) is 11.4. The minimum Gasteiger partial charge on any atom is -0.495 e. The van der Waals surface area contributed by atoms with E-state index in [-0.39, 0.29) is 12.3 Å². The van der Waals surface area contributed by atoms with Crippen LogP contribution in [0.2, 0.25) is 0 Å². The van der Waals surface area contributed by atoms with Crippen LogP contribution in [0.15, 0.2) is 12.1 Å². The molecule has 0 saturated heterocycles. The van der Waals surface area contributed by atoms with Crippen LogP contribution in [0.1, 0.15) is 20.3 Å². The van der Waals surface area contributed by atoms with Crippen molar-refractivity contribution in [3.63, 3.8) is 0 Å². The maximum atomic E-state index is 13.7. The van der Waals surface area contributed by atoms with Crippen LogP contribution in [0, 0.1) is 5.82 Å². The predicted octanol–water partition coefficient (Wildman–Crippen LogP) is 1.99. The molecule has 0 aliphatic carbocycles. The standard InChI is InChI=1S/C12H19FN2O2/c1-12(2,4-5-16)15-10-7-11(17-3)9(14)6-8(10)13/h6-7,15-16H,4-5,14H2,1-3H3. The molecular weight excluding hydrogens is 223 g/mol. The van der Waals surface area contributed by atoms with Gasteiger partial charge in [0.05, 0.1) is 18.5 Å². The van der Waals surface area contributed by atoms with E-state index in [1.165, 1.54) is 19.2 Å². The number of nitrogens with one attached hydrogen (secondary N) is 1. The van der Waals surface area contributed by atoms with Gasteiger partial charge >= 0.3 is 0 Å². The zero-order chi connectivity index (χ0) is 13.1. The molecule has 4 nitrogen and oxygen atoms in total. The average Bonchev–Trinajstić information content (AvgIpc) is 2.21. The summed E-state index contributed by atoms with van der Waals surface area (Å²) in [6, 6.07) is 2.74. The van der Waals surface area contributed by atoms with Crippen LogP contribution in [-0.2, 0) is 0 Å². The Morgan fingerprint density at radius 1 is 1.47 bits per heavy atom. The van der Waals surface area contributed by atoms with Gasteiger partial charge in [0.25, 0.3) is 0 Å². The van der Waals surface area contributed by atoms with Gasteiger partial charge in [-0.1, -0.05) is 0 Å². The molecule has 0 bridgehead atoms. The van der Waals surface area contributed by atoms with Crippen LogP contribution in [-0.4, -0.2) is 24.4 Å². The van der Waals surface area contributed by atoms with Crippen molar-refractivity contribution >= 4 is 11.4 Å². The first-order valence-electron chi connectivity index (χ1n) is 5.41. The molecule has 1 aromatic carbocycles. The minimum atomic E-state index is -0.436. The topological polar surface area (TPSA) is 67.5 Å². The molecule has 0 unspecified atom stereocenters. The number of rotatable bonds is 5. The number of aliphatic hydroxyl groups excluding tert-OH is 1. The van der Waals surface area contributed by atoms with E-state index in [0.29, 0.717) is 17.9 Å². The Labute approximate surface area is 101 Å². The second-order valence-electron chi connectivity index (χ2n) is 4.56. The molecule has 96 valence electrons. The zero-order valence-electron chi connectivity index (χ0n) is 10.4.